The molecular formula is C10H18N2O4. The molecule has 0 saturated carbocycles. The first-order valence-corrected chi connectivity index (χ1v) is 5.09. The Morgan fingerprint density at radius 2 is 1.31 bits per heavy atom. The van der Waals surface area contributed by atoms with Crippen molar-refractivity contribution in [2.75, 3.05) is 0 Å². The fraction of sp³-hybridized carbons (Fsp3) is 0.700. The molecule has 0 saturated heterocycles. The van der Waals surface area contributed by atoms with Crippen molar-refractivity contribution in [3.63, 3.8) is 0 Å². The van der Waals surface area contributed by atoms with Crippen LogP contribution in [0, 0.1) is 5.92 Å². The maximum atomic E-state index is 11.4. The molecule has 0 aromatic heterocycles. The average molecular weight is 230 g/mol. The molecule has 0 bridgehead atoms. The number of aliphatic carboxylic acids is 1. The number of amides is 2. The van der Waals surface area contributed by atoms with Gasteiger partial charge in [0, 0.05) is 5.92 Å². The van der Waals surface area contributed by atoms with Gasteiger partial charge in [0.25, 0.3) is 0 Å². The van der Waals surface area contributed by atoms with E-state index in [0.717, 1.165) is 0 Å². The lowest BCUT2D eigenvalue weighted by Crippen LogP contribution is -2.50. The summed E-state index contributed by atoms with van der Waals surface area (Å²) >= 11 is 0. The largest absolute Gasteiger partial charge is 0.480 e. The van der Waals surface area contributed by atoms with Crippen molar-refractivity contribution >= 4 is 17.8 Å². The molecule has 0 aliphatic rings. The van der Waals surface area contributed by atoms with Gasteiger partial charge in [-0.05, 0) is 13.8 Å². The first kappa shape index (κ1) is 14.4. The minimum absolute atomic E-state index is 0.216. The van der Waals surface area contributed by atoms with Crippen LogP contribution in [0.25, 0.3) is 0 Å². The molecule has 6 heteroatoms. The summed E-state index contributed by atoms with van der Waals surface area (Å²) in [6.07, 6.45) is 0. The highest BCUT2D eigenvalue weighted by molar-refractivity contribution is 5.90. The lowest BCUT2D eigenvalue weighted by molar-refractivity contribution is -0.141. The second-order valence-corrected chi connectivity index (χ2v) is 3.95. The van der Waals surface area contributed by atoms with Crippen molar-refractivity contribution in [3.8, 4) is 0 Å². The van der Waals surface area contributed by atoms with Crippen molar-refractivity contribution in [1.82, 2.24) is 10.6 Å². The first-order valence-electron chi connectivity index (χ1n) is 5.09. The summed E-state index contributed by atoms with van der Waals surface area (Å²) in [5.41, 5.74) is 0. The van der Waals surface area contributed by atoms with Gasteiger partial charge in [-0.1, -0.05) is 13.8 Å². The maximum Gasteiger partial charge on any atom is 0.325 e. The molecule has 0 spiro atoms. The SMILES string of the molecule is CC(C)C(=O)NC(C)C(=O)NC(C)C(=O)O. The first-order chi connectivity index (χ1) is 7.25. The van der Waals surface area contributed by atoms with Crippen LogP contribution >= 0.6 is 0 Å². The van der Waals surface area contributed by atoms with E-state index in [9.17, 15) is 14.4 Å². The fourth-order valence-electron chi connectivity index (χ4n) is 0.846. The molecule has 3 N–H and O–H groups in total. The summed E-state index contributed by atoms with van der Waals surface area (Å²) in [7, 11) is 0. The van der Waals surface area contributed by atoms with E-state index in [-0.39, 0.29) is 11.8 Å². The van der Waals surface area contributed by atoms with Gasteiger partial charge in [-0.2, -0.15) is 0 Å². The highest BCUT2D eigenvalue weighted by atomic mass is 16.4. The fourth-order valence-corrected chi connectivity index (χ4v) is 0.846. The number of hydrogen-bond donors (Lipinski definition) is 3. The number of carboxylic acid groups (broad SMARTS) is 1. The van der Waals surface area contributed by atoms with Crippen LogP contribution in [-0.2, 0) is 14.4 Å². The summed E-state index contributed by atoms with van der Waals surface area (Å²) in [6.45, 7) is 6.28. The van der Waals surface area contributed by atoms with Gasteiger partial charge in [0.1, 0.15) is 12.1 Å². The number of carbonyl (C=O) groups is 3. The highest BCUT2D eigenvalue weighted by Gasteiger charge is 2.20. The van der Waals surface area contributed by atoms with Crippen LogP contribution in [-0.4, -0.2) is 35.0 Å². The van der Waals surface area contributed by atoms with Gasteiger partial charge in [0.15, 0.2) is 0 Å². The summed E-state index contributed by atoms with van der Waals surface area (Å²) in [5, 5.41) is 13.3. The third kappa shape index (κ3) is 4.77. The smallest absolute Gasteiger partial charge is 0.325 e. The van der Waals surface area contributed by atoms with Gasteiger partial charge in [-0.15, -0.1) is 0 Å². The minimum atomic E-state index is -1.12. The topological polar surface area (TPSA) is 95.5 Å². The van der Waals surface area contributed by atoms with Gasteiger partial charge < -0.3 is 15.7 Å². The van der Waals surface area contributed by atoms with Crippen LogP contribution in [0.5, 0.6) is 0 Å². The predicted octanol–water partition coefficient (Wildman–Crippen LogP) is -0.264. The minimum Gasteiger partial charge on any atom is -0.480 e. The summed E-state index contributed by atoms with van der Waals surface area (Å²) in [6, 6.07) is -1.71. The number of rotatable bonds is 5. The van der Waals surface area contributed by atoms with Crippen molar-refractivity contribution in [3.05, 3.63) is 0 Å². The van der Waals surface area contributed by atoms with Crippen LogP contribution in [0.3, 0.4) is 0 Å². The van der Waals surface area contributed by atoms with Crippen molar-refractivity contribution in [1.29, 1.82) is 0 Å². The Bertz CT molecular complexity index is 289. The Balaban J connectivity index is 4.19. The molecule has 2 atom stereocenters. The molecule has 0 aliphatic heterocycles. The van der Waals surface area contributed by atoms with E-state index in [1.807, 2.05) is 0 Å². The molecule has 0 fully saturated rings. The lowest BCUT2D eigenvalue weighted by Gasteiger charge is -2.17. The van der Waals surface area contributed by atoms with Gasteiger partial charge in [-0.25, -0.2) is 0 Å². The molecule has 0 heterocycles. The van der Waals surface area contributed by atoms with Crippen LogP contribution < -0.4 is 10.6 Å². The van der Waals surface area contributed by atoms with Crippen molar-refractivity contribution in [2.45, 2.75) is 39.8 Å². The molecular weight excluding hydrogens is 212 g/mol. The number of carboxylic acids is 1. The molecule has 0 aromatic rings. The second-order valence-electron chi connectivity index (χ2n) is 3.95. The van der Waals surface area contributed by atoms with E-state index in [4.69, 9.17) is 5.11 Å². The van der Waals surface area contributed by atoms with Gasteiger partial charge in [0.05, 0.1) is 0 Å². The van der Waals surface area contributed by atoms with Crippen molar-refractivity contribution in [2.24, 2.45) is 5.92 Å². The number of hydrogen-bond acceptors (Lipinski definition) is 3. The van der Waals surface area contributed by atoms with E-state index in [2.05, 4.69) is 10.6 Å². The number of carbonyl (C=O) groups excluding carboxylic acids is 2. The molecule has 6 nitrogen and oxygen atoms in total. The Kier molecular flexibility index (Phi) is 5.49. The zero-order valence-corrected chi connectivity index (χ0v) is 9.90. The molecule has 0 aromatic carbocycles. The lowest BCUT2D eigenvalue weighted by atomic mass is 10.2. The van der Waals surface area contributed by atoms with Crippen molar-refractivity contribution < 1.29 is 19.5 Å². The van der Waals surface area contributed by atoms with E-state index in [1.54, 1.807) is 13.8 Å². The normalized spacial score (nSPS) is 14.1. The molecule has 2 unspecified atom stereocenters. The van der Waals surface area contributed by atoms with Gasteiger partial charge in [0.2, 0.25) is 11.8 Å². The summed E-state index contributed by atoms with van der Waals surface area (Å²) in [5.74, 6) is -2.09. The van der Waals surface area contributed by atoms with E-state index in [0.29, 0.717) is 0 Å². The zero-order chi connectivity index (χ0) is 12.9. The molecule has 0 radical (unpaired) electrons. The van der Waals surface area contributed by atoms with Crippen LogP contribution in [0.1, 0.15) is 27.7 Å². The van der Waals surface area contributed by atoms with Crippen LogP contribution in [0.15, 0.2) is 0 Å². The maximum absolute atomic E-state index is 11.4. The third-order valence-electron chi connectivity index (χ3n) is 2.01. The van der Waals surface area contributed by atoms with E-state index >= 15 is 0 Å². The zero-order valence-electron chi connectivity index (χ0n) is 9.90. The second kappa shape index (κ2) is 6.09. The standard InChI is InChI=1S/C10H18N2O4/c1-5(2)8(13)11-6(3)9(14)12-7(4)10(15)16/h5-7H,1-4H3,(H,11,13)(H,12,14)(H,15,16). The summed E-state index contributed by atoms with van der Waals surface area (Å²) < 4.78 is 0. The van der Waals surface area contributed by atoms with E-state index in [1.165, 1.54) is 13.8 Å². The predicted molar refractivity (Wildman–Crippen MR) is 57.7 cm³/mol. The molecule has 16 heavy (non-hydrogen) atoms. The summed E-state index contributed by atoms with van der Waals surface area (Å²) in [4.78, 5) is 33.2. The monoisotopic (exact) mass is 230 g/mol. The third-order valence-corrected chi connectivity index (χ3v) is 2.01. The number of nitrogens with one attached hydrogen (secondary N) is 2. The van der Waals surface area contributed by atoms with E-state index < -0.39 is 24.0 Å². The van der Waals surface area contributed by atoms with Crippen LogP contribution in [0.4, 0.5) is 0 Å². The molecule has 0 aliphatic carbocycles. The quantitative estimate of drug-likeness (QED) is 0.606. The molecule has 0 rings (SSSR count). The molecule has 2 amide bonds. The average Bonchev–Trinajstić information content (AvgIpc) is 2.16. The highest BCUT2D eigenvalue weighted by Crippen LogP contribution is 1.93. The molecule has 92 valence electrons. The Labute approximate surface area is 94.4 Å². The van der Waals surface area contributed by atoms with Crippen LogP contribution in [0.2, 0.25) is 0 Å². The Hall–Kier alpha value is -1.59. The van der Waals surface area contributed by atoms with Gasteiger partial charge >= 0.3 is 5.97 Å². The Morgan fingerprint density at radius 3 is 1.69 bits per heavy atom. The Morgan fingerprint density at radius 1 is 0.875 bits per heavy atom. The van der Waals surface area contributed by atoms with Gasteiger partial charge in [-0.3, -0.25) is 14.4 Å².